The fraction of sp³-hybridized carbons (Fsp3) is 0.778. The van der Waals surface area contributed by atoms with E-state index in [1.54, 1.807) is 0 Å². The molecule has 1 nitrogen and oxygen atoms in total. The molecule has 0 aliphatic rings. The van der Waals surface area contributed by atoms with Gasteiger partial charge < -0.3 is 5.32 Å². The highest BCUT2D eigenvalue weighted by molar-refractivity contribution is 4.97. The lowest BCUT2D eigenvalue weighted by atomic mass is 10.3. The number of nitrogens with one attached hydrogen (secondary N) is 1. The van der Waals surface area contributed by atoms with Gasteiger partial charge >= 0.3 is 0 Å². The van der Waals surface area contributed by atoms with E-state index in [1.165, 1.54) is 18.4 Å². The first-order valence-corrected chi connectivity index (χ1v) is 4.13. The molecule has 0 spiro atoms. The zero-order valence-electron chi connectivity index (χ0n) is 7.41. The number of allylic oxidation sites excluding steroid dienone is 1. The third-order valence-corrected chi connectivity index (χ3v) is 1.60. The average Bonchev–Trinajstić information content (AvgIpc) is 1.98. The normalized spacial score (nSPS) is 12.1. The van der Waals surface area contributed by atoms with Crippen LogP contribution >= 0.6 is 0 Å². The van der Waals surface area contributed by atoms with Crippen LogP contribution in [0.15, 0.2) is 11.6 Å². The van der Waals surface area contributed by atoms with Crippen LogP contribution in [-0.2, 0) is 0 Å². The second-order valence-corrected chi connectivity index (χ2v) is 2.67. The molecule has 0 bridgehead atoms. The SMILES string of the molecule is C/C=C(\C)CNCCCC. The molecule has 0 aromatic rings. The van der Waals surface area contributed by atoms with Crippen molar-refractivity contribution in [3.05, 3.63) is 11.6 Å². The van der Waals surface area contributed by atoms with Crippen molar-refractivity contribution in [2.45, 2.75) is 33.6 Å². The van der Waals surface area contributed by atoms with Crippen molar-refractivity contribution in [1.82, 2.24) is 5.32 Å². The predicted octanol–water partition coefficient (Wildman–Crippen LogP) is 2.34. The summed E-state index contributed by atoms with van der Waals surface area (Å²) in [4.78, 5) is 0. The molecule has 0 heterocycles. The van der Waals surface area contributed by atoms with Crippen LogP contribution in [0.4, 0.5) is 0 Å². The van der Waals surface area contributed by atoms with Crippen molar-refractivity contribution in [3.8, 4) is 0 Å². The van der Waals surface area contributed by atoms with Crippen molar-refractivity contribution in [2.24, 2.45) is 0 Å². The van der Waals surface area contributed by atoms with Crippen LogP contribution in [-0.4, -0.2) is 13.1 Å². The van der Waals surface area contributed by atoms with Crippen LogP contribution in [0.1, 0.15) is 33.6 Å². The maximum Gasteiger partial charge on any atom is 0.0161 e. The van der Waals surface area contributed by atoms with Gasteiger partial charge in [0.2, 0.25) is 0 Å². The van der Waals surface area contributed by atoms with E-state index in [9.17, 15) is 0 Å². The van der Waals surface area contributed by atoms with Crippen LogP contribution in [0.25, 0.3) is 0 Å². The monoisotopic (exact) mass is 141 g/mol. The molecule has 0 aliphatic heterocycles. The molecule has 10 heavy (non-hydrogen) atoms. The number of hydrogen-bond donors (Lipinski definition) is 1. The molecule has 0 amide bonds. The van der Waals surface area contributed by atoms with Crippen molar-refractivity contribution < 1.29 is 0 Å². The van der Waals surface area contributed by atoms with E-state index in [0.29, 0.717) is 0 Å². The first-order valence-electron chi connectivity index (χ1n) is 4.13. The van der Waals surface area contributed by atoms with Gasteiger partial charge in [-0.15, -0.1) is 0 Å². The van der Waals surface area contributed by atoms with E-state index in [-0.39, 0.29) is 0 Å². The van der Waals surface area contributed by atoms with Crippen LogP contribution in [0.2, 0.25) is 0 Å². The third-order valence-electron chi connectivity index (χ3n) is 1.60. The molecule has 0 rings (SSSR count). The van der Waals surface area contributed by atoms with Crippen molar-refractivity contribution in [3.63, 3.8) is 0 Å². The van der Waals surface area contributed by atoms with E-state index in [1.807, 2.05) is 0 Å². The second-order valence-electron chi connectivity index (χ2n) is 2.67. The summed E-state index contributed by atoms with van der Waals surface area (Å²) in [6, 6.07) is 0. The fourth-order valence-electron chi connectivity index (χ4n) is 0.689. The summed E-state index contributed by atoms with van der Waals surface area (Å²) >= 11 is 0. The highest BCUT2D eigenvalue weighted by Crippen LogP contribution is 1.88. The van der Waals surface area contributed by atoms with Gasteiger partial charge in [-0.05, 0) is 26.8 Å². The van der Waals surface area contributed by atoms with Crippen LogP contribution in [0, 0.1) is 0 Å². The van der Waals surface area contributed by atoms with Gasteiger partial charge in [-0.2, -0.15) is 0 Å². The Balaban J connectivity index is 3.04. The van der Waals surface area contributed by atoms with Crippen LogP contribution in [0.5, 0.6) is 0 Å². The summed E-state index contributed by atoms with van der Waals surface area (Å²) in [7, 11) is 0. The molecule has 0 unspecified atom stereocenters. The fourth-order valence-corrected chi connectivity index (χ4v) is 0.689. The highest BCUT2D eigenvalue weighted by Gasteiger charge is 1.86. The van der Waals surface area contributed by atoms with Gasteiger partial charge in [0.05, 0.1) is 0 Å². The molecule has 0 aromatic carbocycles. The molecule has 0 aromatic heterocycles. The smallest absolute Gasteiger partial charge is 0.0161 e. The minimum Gasteiger partial charge on any atom is -0.313 e. The molecule has 0 saturated heterocycles. The van der Waals surface area contributed by atoms with Gasteiger partial charge in [0.15, 0.2) is 0 Å². The number of unbranched alkanes of at least 4 members (excludes halogenated alkanes) is 1. The molecule has 0 atom stereocenters. The van der Waals surface area contributed by atoms with E-state index in [2.05, 4.69) is 32.2 Å². The molecule has 60 valence electrons. The van der Waals surface area contributed by atoms with Crippen molar-refractivity contribution in [1.29, 1.82) is 0 Å². The minimum absolute atomic E-state index is 1.05. The summed E-state index contributed by atoms with van der Waals surface area (Å²) < 4.78 is 0. The first kappa shape index (κ1) is 9.70. The summed E-state index contributed by atoms with van der Waals surface area (Å²) in [5.74, 6) is 0. The maximum absolute atomic E-state index is 3.37. The lowest BCUT2D eigenvalue weighted by Gasteiger charge is -2.02. The maximum atomic E-state index is 3.37. The molecule has 1 heteroatoms. The Labute approximate surface area is 64.5 Å². The Morgan fingerprint density at radius 1 is 1.50 bits per heavy atom. The summed E-state index contributed by atoms with van der Waals surface area (Å²) in [6.07, 6.45) is 4.72. The number of hydrogen-bond acceptors (Lipinski definition) is 1. The van der Waals surface area contributed by atoms with Crippen molar-refractivity contribution in [2.75, 3.05) is 13.1 Å². The van der Waals surface area contributed by atoms with Gasteiger partial charge in [-0.1, -0.05) is 25.0 Å². The predicted molar refractivity (Wildman–Crippen MR) is 47.2 cm³/mol. The van der Waals surface area contributed by atoms with E-state index >= 15 is 0 Å². The molecule has 0 radical (unpaired) electrons. The Morgan fingerprint density at radius 3 is 2.70 bits per heavy atom. The molecule has 0 fully saturated rings. The quantitative estimate of drug-likeness (QED) is 0.458. The average molecular weight is 141 g/mol. The molecule has 0 saturated carbocycles. The van der Waals surface area contributed by atoms with Gasteiger partial charge in [0.25, 0.3) is 0 Å². The van der Waals surface area contributed by atoms with Gasteiger partial charge in [-0.3, -0.25) is 0 Å². The van der Waals surface area contributed by atoms with Crippen LogP contribution < -0.4 is 5.32 Å². The Bertz CT molecular complexity index is 94.9. The lowest BCUT2D eigenvalue weighted by Crippen LogP contribution is -2.17. The molecule has 0 aliphatic carbocycles. The Morgan fingerprint density at radius 2 is 2.20 bits per heavy atom. The van der Waals surface area contributed by atoms with Crippen molar-refractivity contribution >= 4 is 0 Å². The minimum atomic E-state index is 1.05. The lowest BCUT2D eigenvalue weighted by molar-refractivity contribution is 0.671. The van der Waals surface area contributed by atoms with E-state index in [4.69, 9.17) is 0 Å². The summed E-state index contributed by atoms with van der Waals surface area (Å²) in [5, 5.41) is 3.37. The standard InChI is InChI=1S/C9H19N/c1-4-6-7-10-8-9(3)5-2/h5,10H,4,6-8H2,1-3H3/b9-5+. The molecule has 1 N–H and O–H groups in total. The molecular formula is C9H19N. The van der Waals surface area contributed by atoms with Crippen LogP contribution in [0.3, 0.4) is 0 Å². The highest BCUT2D eigenvalue weighted by atomic mass is 14.8. The number of rotatable bonds is 5. The second kappa shape index (κ2) is 6.81. The zero-order valence-corrected chi connectivity index (χ0v) is 7.41. The largest absolute Gasteiger partial charge is 0.313 e. The van der Waals surface area contributed by atoms with Gasteiger partial charge in [0.1, 0.15) is 0 Å². The molecular weight excluding hydrogens is 122 g/mol. The summed E-state index contributed by atoms with van der Waals surface area (Å²) in [5.41, 5.74) is 1.43. The summed E-state index contributed by atoms with van der Waals surface area (Å²) in [6.45, 7) is 8.65. The zero-order chi connectivity index (χ0) is 7.82. The topological polar surface area (TPSA) is 12.0 Å². The Hall–Kier alpha value is -0.300. The Kier molecular flexibility index (Phi) is 6.61. The first-order chi connectivity index (χ1) is 4.81. The van der Waals surface area contributed by atoms with Gasteiger partial charge in [-0.25, -0.2) is 0 Å². The van der Waals surface area contributed by atoms with Gasteiger partial charge in [0, 0.05) is 6.54 Å². The van der Waals surface area contributed by atoms with E-state index < -0.39 is 0 Å². The third kappa shape index (κ3) is 5.83. The van der Waals surface area contributed by atoms with E-state index in [0.717, 1.165) is 13.1 Å².